The third-order valence-electron chi connectivity index (χ3n) is 4.69. The number of anilines is 2. The minimum absolute atomic E-state index is 0.000400. The van der Waals surface area contributed by atoms with E-state index in [9.17, 15) is 29.1 Å². The zero-order valence-electron chi connectivity index (χ0n) is 18.0. The Balaban J connectivity index is 1.53. The molecule has 2 amide bonds. The first kappa shape index (κ1) is 23.9. The topological polar surface area (TPSA) is 139 Å². The summed E-state index contributed by atoms with van der Waals surface area (Å²) in [7, 11) is 0. The highest BCUT2D eigenvalue weighted by Gasteiger charge is 2.16. The Hall–Kier alpha value is -4.79. The van der Waals surface area contributed by atoms with Gasteiger partial charge in [-0.2, -0.15) is 0 Å². The van der Waals surface area contributed by atoms with Crippen LogP contribution in [0, 0.1) is 0 Å². The predicted octanol–water partition coefficient (Wildman–Crippen LogP) is 3.64. The van der Waals surface area contributed by atoms with Gasteiger partial charge >= 0.3 is 11.9 Å². The van der Waals surface area contributed by atoms with E-state index >= 15 is 0 Å². The minimum atomic E-state index is -1.22. The molecular weight excluding hydrogens is 440 g/mol. The summed E-state index contributed by atoms with van der Waals surface area (Å²) in [6, 6.07) is 17.8. The van der Waals surface area contributed by atoms with Crippen LogP contribution in [0.25, 0.3) is 0 Å². The van der Waals surface area contributed by atoms with Crippen LogP contribution in [0.1, 0.15) is 48.4 Å². The smallest absolute Gasteiger partial charge is 0.338 e. The van der Waals surface area contributed by atoms with Crippen molar-refractivity contribution in [2.75, 3.05) is 17.2 Å². The molecule has 0 spiro atoms. The molecule has 9 heteroatoms. The SMILES string of the molecule is CC(=O)c1ccc(NC(=O)COC(=O)c2ccc(NC(=O)c3ccccc3C(=O)O)cc2)cc1. The van der Waals surface area contributed by atoms with Crippen LogP contribution in [0.15, 0.2) is 72.8 Å². The monoisotopic (exact) mass is 460 g/mol. The van der Waals surface area contributed by atoms with Crippen LogP contribution in [-0.2, 0) is 9.53 Å². The molecular formula is C25H20N2O7. The molecule has 0 saturated carbocycles. The van der Waals surface area contributed by atoms with Gasteiger partial charge in [0.25, 0.3) is 11.8 Å². The van der Waals surface area contributed by atoms with Crippen LogP contribution in [0.5, 0.6) is 0 Å². The normalized spacial score (nSPS) is 10.1. The number of ketones is 1. The van der Waals surface area contributed by atoms with E-state index in [-0.39, 0.29) is 22.5 Å². The standard InChI is InChI=1S/C25H20N2O7/c1-15(28)16-6-10-18(11-7-16)26-22(29)14-34-25(33)17-8-12-19(13-9-17)27-23(30)20-4-2-3-5-21(20)24(31)32/h2-13H,14H2,1H3,(H,26,29)(H,27,30)(H,31,32). The van der Waals surface area contributed by atoms with Crippen molar-refractivity contribution in [1.82, 2.24) is 0 Å². The van der Waals surface area contributed by atoms with Crippen LogP contribution in [0.3, 0.4) is 0 Å². The van der Waals surface area contributed by atoms with Gasteiger partial charge in [0.05, 0.1) is 16.7 Å². The third-order valence-corrected chi connectivity index (χ3v) is 4.69. The van der Waals surface area contributed by atoms with Crippen molar-refractivity contribution >= 4 is 40.9 Å². The highest BCUT2D eigenvalue weighted by Crippen LogP contribution is 2.15. The summed E-state index contributed by atoms with van der Waals surface area (Å²) >= 11 is 0. The van der Waals surface area contributed by atoms with Gasteiger partial charge in [-0.1, -0.05) is 12.1 Å². The van der Waals surface area contributed by atoms with Gasteiger partial charge in [0.15, 0.2) is 12.4 Å². The summed E-state index contributed by atoms with van der Waals surface area (Å²) in [5.41, 5.74) is 1.33. The van der Waals surface area contributed by atoms with E-state index < -0.39 is 30.4 Å². The Morgan fingerprint density at radius 3 is 1.82 bits per heavy atom. The fourth-order valence-corrected chi connectivity index (χ4v) is 2.96. The molecule has 0 aliphatic rings. The number of benzene rings is 3. The number of amides is 2. The second-order valence-corrected chi connectivity index (χ2v) is 7.14. The fraction of sp³-hybridized carbons (Fsp3) is 0.0800. The van der Waals surface area contributed by atoms with Gasteiger partial charge in [-0.3, -0.25) is 14.4 Å². The zero-order chi connectivity index (χ0) is 24.7. The highest BCUT2D eigenvalue weighted by molar-refractivity contribution is 6.10. The third kappa shape index (κ3) is 6.13. The molecule has 0 heterocycles. The summed E-state index contributed by atoms with van der Waals surface area (Å²) in [6.45, 7) is 0.920. The molecule has 3 aromatic carbocycles. The average Bonchev–Trinajstić information content (AvgIpc) is 2.83. The zero-order valence-corrected chi connectivity index (χ0v) is 18.0. The molecule has 0 radical (unpaired) electrons. The molecule has 0 unspecified atom stereocenters. The number of carboxylic acid groups (broad SMARTS) is 1. The molecule has 0 bridgehead atoms. The number of nitrogens with one attached hydrogen (secondary N) is 2. The van der Waals surface area contributed by atoms with Crippen molar-refractivity contribution in [3.8, 4) is 0 Å². The van der Waals surface area contributed by atoms with Gasteiger partial charge in [-0.05, 0) is 67.6 Å². The lowest BCUT2D eigenvalue weighted by molar-refractivity contribution is -0.119. The van der Waals surface area contributed by atoms with E-state index in [1.54, 1.807) is 30.3 Å². The number of hydrogen-bond donors (Lipinski definition) is 3. The summed E-state index contributed by atoms with van der Waals surface area (Å²) < 4.78 is 5.00. The summed E-state index contributed by atoms with van der Waals surface area (Å²) in [6.07, 6.45) is 0. The van der Waals surface area contributed by atoms with E-state index in [4.69, 9.17) is 4.74 Å². The number of hydrogen-bond acceptors (Lipinski definition) is 6. The van der Waals surface area contributed by atoms with Crippen molar-refractivity contribution in [2.24, 2.45) is 0 Å². The second-order valence-electron chi connectivity index (χ2n) is 7.14. The van der Waals surface area contributed by atoms with E-state index in [2.05, 4.69) is 10.6 Å². The van der Waals surface area contributed by atoms with Gasteiger partial charge in [0.1, 0.15) is 0 Å². The lowest BCUT2D eigenvalue weighted by Crippen LogP contribution is -2.21. The molecule has 172 valence electrons. The lowest BCUT2D eigenvalue weighted by atomic mass is 10.1. The number of carbonyl (C=O) groups is 5. The summed E-state index contributed by atoms with van der Waals surface area (Å²) in [5, 5.41) is 14.3. The van der Waals surface area contributed by atoms with E-state index in [1.165, 1.54) is 49.4 Å². The number of carboxylic acids is 1. The molecule has 3 aromatic rings. The maximum absolute atomic E-state index is 12.4. The Morgan fingerprint density at radius 2 is 1.26 bits per heavy atom. The van der Waals surface area contributed by atoms with E-state index in [0.717, 1.165) is 0 Å². The van der Waals surface area contributed by atoms with Gasteiger partial charge in [0.2, 0.25) is 0 Å². The predicted molar refractivity (Wildman–Crippen MR) is 123 cm³/mol. The molecule has 0 aliphatic carbocycles. The van der Waals surface area contributed by atoms with Crippen LogP contribution in [-0.4, -0.2) is 41.2 Å². The lowest BCUT2D eigenvalue weighted by Gasteiger charge is -2.09. The summed E-state index contributed by atoms with van der Waals surface area (Å²) in [5.74, 6) is -3.22. The first-order chi connectivity index (χ1) is 16.2. The van der Waals surface area contributed by atoms with Gasteiger partial charge < -0.3 is 20.5 Å². The molecule has 3 N–H and O–H groups in total. The largest absolute Gasteiger partial charge is 0.478 e. The molecule has 9 nitrogen and oxygen atoms in total. The Morgan fingerprint density at radius 1 is 0.735 bits per heavy atom. The van der Waals surface area contributed by atoms with Crippen LogP contribution < -0.4 is 10.6 Å². The van der Waals surface area contributed by atoms with Crippen LogP contribution >= 0.6 is 0 Å². The second kappa shape index (κ2) is 10.7. The van der Waals surface area contributed by atoms with Gasteiger partial charge in [-0.15, -0.1) is 0 Å². The quantitative estimate of drug-likeness (QED) is 0.344. The van der Waals surface area contributed by atoms with Crippen molar-refractivity contribution in [2.45, 2.75) is 6.92 Å². The number of aromatic carboxylic acids is 1. The summed E-state index contributed by atoms with van der Waals surface area (Å²) in [4.78, 5) is 59.2. The van der Waals surface area contributed by atoms with Crippen molar-refractivity contribution in [1.29, 1.82) is 0 Å². The minimum Gasteiger partial charge on any atom is -0.478 e. The Labute approximate surface area is 194 Å². The van der Waals surface area contributed by atoms with Gasteiger partial charge in [0, 0.05) is 16.9 Å². The van der Waals surface area contributed by atoms with Crippen LogP contribution in [0.4, 0.5) is 11.4 Å². The maximum Gasteiger partial charge on any atom is 0.338 e. The van der Waals surface area contributed by atoms with E-state index in [1.807, 2.05) is 0 Å². The number of Topliss-reactive ketones (excluding diaryl/α,β-unsaturated/α-hetero) is 1. The number of rotatable bonds is 8. The molecule has 0 saturated heterocycles. The molecule has 0 fully saturated rings. The molecule has 0 aromatic heterocycles. The fourth-order valence-electron chi connectivity index (χ4n) is 2.96. The number of ether oxygens (including phenoxy) is 1. The molecule has 3 rings (SSSR count). The Kier molecular flexibility index (Phi) is 7.50. The van der Waals surface area contributed by atoms with Crippen LogP contribution in [0.2, 0.25) is 0 Å². The Bertz CT molecular complexity index is 1250. The molecule has 0 atom stereocenters. The maximum atomic E-state index is 12.4. The average molecular weight is 460 g/mol. The van der Waals surface area contributed by atoms with Crippen molar-refractivity contribution < 1.29 is 33.8 Å². The van der Waals surface area contributed by atoms with Crippen molar-refractivity contribution in [3.05, 3.63) is 95.1 Å². The molecule has 0 aliphatic heterocycles. The molecule has 34 heavy (non-hydrogen) atoms. The first-order valence-corrected chi connectivity index (χ1v) is 10.1. The first-order valence-electron chi connectivity index (χ1n) is 10.1. The van der Waals surface area contributed by atoms with E-state index in [0.29, 0.717) is 16.9 Å². The highest BCUT2D eigenvalue weighted by atomic mass is 16.5. The number of esters is 1. The number of carbonyl (C=O) groups excluding carboxylic acids is 4. The van der Waals surface area contributed by atoms with Gasteiger partial charge in [-0.25, -0.2) is 9.59 Å². The van der Waals surface area contributed by atoms with Crippen molar-refractivity contribution in [3.63, 3.8) is 0 Å².